The molecular weight excluding hydrogens is 515 g/mol. The standard InChI is InChI=1S/C23H18F3N5O3S2/c24-14-4-5-16(25)19(12-14)36(32,33)30-17-3-1-2-15(20(17)26)21-22(18-6-7-27-13-28-18)35-23(29-21)31-8-10-34-11-9-31/h1-7,12-13,30H,8-11H2. The van der Waals surface area contributed by atoms with Crippen LogP contribution in [0.25, 0.3) is 21.8 Å². The van der Waals surface area contributed by atoms with E-state index in [1.165, 1.54) is 35.9 Å². The maximum Gasteiger partial charge on any atom is 0.265 e. The molecule has 1 aliphatic rings. The lowest BCUT2D eigenvalue weighted by Crippen LogP contribution is -2.36. The van der Waals surface area contributed by atoms with E-state index in [0.717, 1.165) is 6.07 Å². The Bertz CT molecular complexity index is 1510. The molecule has 0 unspecified atom stereocenters. The van der Waals surface area contributed by atoms with E-state index in [9.17, 15) is 17.2 Å². The lowest BCUT2D eigenvalue weighted by Gasteiger charge is -2.26. The molecule has 13 heteroatoms. The number of morpholine rings is 1. The Hall–Kier alpha value is -3.55. The van der Waals surface area contributed by atoms with Gasteiger partial charge in [0.05, 0.1) is 35.2 Å². The van der Waals surface area contributed by atoms with Crippen LogP contribution >= 0.6 is 11.3 Å². The third-order valence-corrected chi connectivity index (χ3v) is 7.91. The minimum Gasteiger partial charge on any atom is -0.378 e. The topological polar surface area (TPSA) is 97.3 Å². The average Bonchev–Trinajstić information content (AvgIpc) is 3.33. The number of aromatic nitrogens is 3. The summed E-state index contributed by atoms with van der Waals surface area (Å²) in [6.07, 6.45) is 2.91. The molecule has 1 saturated heterocycles. The molecule has 0 amide bonds. The smallest absolute Gasteiger partial charge is 0.265 e. The van der Waals surface area contributed by atoms with E-state index in [1.807, 2.05) is 9.62 Å². The van der Waals surface area contributed by atoms with Crippen LogP contribution in [0.2, 0.25) is 0 Å². The second-order valence-electron chi connectivity index (χ2n) is 7.72. The summed E-state index contributed by atoms with van der Waals surface area (Å²) in [5.41, 5.74) is 0.352. The van der Waals surface area contributed by atoms with Gasteiger partial charge in [0.15, 0.2) is 10.9 Å². The van der Waals surface area contributed by atoms with Crippen LogP contribution in [0.15, 0.2) is 59.9 Å². The molecule has 2 aromatic heterocycles. The number of hydrogen-bond acceptors (Lipinski definition) is 8. The van der Waals surface area contributed by atoms with Crippen LogP contribution in [0.3, 0.4) is 0 Å². The zero-order valence-electron chi connectivity index (χ0n) is 18.5. The second kappa shape index (κ2) is 9.84. The molecule has 36 heavy (non-hydrogen) atoms. The van der Waals surface area contributed by atoms with Crippen molar-refractivity contribution in [3.05, 3.63) is 72.4 Å². The second-order valence-corrected chi connectivity index (χ2v) is 10.3. The van der Waals surface area contributed by atoms with E-state index < -0.39 is 38.1 Å². The molecule has 0 aliphatic carbocycles. The van der Waals surface area contributed by atoms with Crippen molar-refractivity contribution in [3.63, 3.8) is 0 Å². The van der Waals surface area contributed by atoms with Crippen LogP contribution in [-0.4, -0.2) is 49.7 Å². The van der Waals surface area contributed by atoms with Crippen LogP contribution in [-0.2, 0) is 14.8 Å². The van der Waals surface area contributed by atoms with Gasteiger partial charge < -0.3 is 9.64 Å². The summed E-state index contributed by atoms with van der Waals surface area (Å²) in [4.78, 5) is 14.5. The van der Waals surface area contributed by atoms with Gasteiger partial charge in [0.2, 0.25) is 0 Å². The molecule has 1 aliphatic heterocycles. The minimum atomic E-state index is -4.63. The van der Waals surface area contributed by atoms with Crippen LogP contribution in [0, 0.1) is 17.5 Å². The Morgan fingerprint density at radius 2 is 1.86 bits per heavy atom. The first-order valence-corrected chi connectivity index (χ1v) is 13.0. The van der Waals surface area contributed by atoms with E-state index in [0.29, 0.717) is 54.1 Å². The van der Waals surface area contributed by atoms with Gasteiger partial charge in [-0.3, -0.25) is 4.72 Å². The number of ether oxygens (including phenoxy) is 1. The number of hydrogen-bond donors (Lipinski definition) is 1. The summed E-state index contributed by atoms with van der Waals surface area (Å²) < 4.78 is 76.3. The first kappa shape index (κ1) is 24.2. The predicted molar refractivity (Wildman–Crippen MR) is 129 cm³/mol. The maximum atomic E-state index is 15.7. The van der Waals surface area contributed by atoms with Crippen molar-refractivity contribution in [1.82, 2.24) is 15.0 Å². The molecule has 0 saturated carbocycles. The zero-order chi connectivity index (χ0) is 25.3. The fourth-order valence-corrected chi connectivity index (χ4v) is 5.91. The third-order valence-electron chi connectivity index (χ3n) is 5.39. The molecule has 5 rings (SSSR count). The first-order valence-electron chi connectivity index (χ1n) is 10.7. The summed E-state index contributed by atoms with van der Waals surface area (Å²) in [6.45, 7) is 2.27. The van der Waals surface area contributed by atoms with Gasteiger partial charge in [0.1, 0.15) is 22.9 Å². The van der Waals surface area contributed by atoms with E-state index in [-0.39, 0.29) is 11.3 Å². The van der Waals surface area contributed by atoms with Crippen LogP contribution in [0.5, 0.6) is 0 Å². The molecular formula is C23H18F3N5O3S2. The molecule has 0 bridgehead atoms. The molecule has 8 nitrogen and oxygen atoms in total. The zero-order valence-corrected chi connectivity index (χ0v) is 20.1. The highest BCUT2D eigenvalue weighted by Crippen LogP contribution is 2.41. The number of benzene rings is 2. The summed E-state index contributed by atoms with van der Waals surface area (Å²) in [5, 5.41) is 0.633. The first-order chi connectivity index (χ1) is 17.3. The van der Waals surface area contributed by atoms with Gasteiger partial charge in [-0.15, -0.1) is 0 Å². The highest BCUT2D eigenvalue weighted by molar-refractivity contribution is 7.92. The van der Waals surface area contributed by atoms with Gasteiger partial charge in [-0.05, 0) is 36.4 Å². The molecule has 1 N–H and O–H groups in total. The molecule has 4 aromatic rings. The predicted octanol–water partition coefficient (Wildman–Crippen LogP) is 4.32. The number of nitrogens with one attached hydrogen (secondary N) is 1. The van der Waals surface area contributed by atoms with Crippen molar-refractivity contribution >= 4 is 32.2 Å². The van der Waals surface area contributed by atoms with Gasteiger partial charge in [-0.1, -0.05) is 17.4 Å². The Morgan fingerprint density at radius 1 is 1.06 bits per heavy atom. The average molecular weight is 534 g/mol. The largest absolute Gasteiger partial charge is 0.378 e. The Morgan fingerprint density at radius 3 is 2.61 bits per heavy atom. The number of thiazole rings is 1. The SMILES string of the molecule is O=S(=O)(Nc1cccc(-c2nc(N3CCOCC3)sc2-c2ccncn2)c1F)c1cc(F)ccc1F. The van der Waals surface area contributed by atoms with E-state index in [1.54, 1.807) is 12.3 Å². The normalized spacial score (nSPS) is 14.1. The molecule has 3 heterocycles. The van der Waals surface area contributed by atoms with Crippen molar-refractivity contribution in [3.8, 4) is 21.8 Å². The number of halogens is 3. The van der Waals surface area contributed by atoms with E-state index >= 15 is 4.39 Å². The molecule has 0 atom stereocenters. The molecule has 1 fully saturated rings. The fourth-order valence-electron chi connectivity index (χ4n) is 3.66. The monoisotopic (exact) mass is 533 g/mol. The van der Waals surface area contributed by atoms with Crippen molar-refractivity contribution < 1.29 is 26.3 Å². The van der Waals surface area contributed by atoms with Crippen molar-refractivity contribution in [2.75, 3.05) is 35.9 Å². The van der Waals surface area contributed by atoms with Crippen LogP contribution in [0.4, 0.5) is 24.0 Å². The van der Waals surface area contributed by atoms with E-state index in [2.05, 4.69) is 15.0 Å². The van der Waals surface area contributed by atoms with Crippen LogP contribution < -0.4 is 9.62 Å². The summed E-state index contributed by atoms with van der Waals surface area (Å²) in [5.74, 6) is -3.04. The molecule has 0 radical (unpaired) electrons. The van der Waals surface area contributed by atoms with Crippen molar-refractivity contribution in [1.29, 1.82) is 0 Å². The number of sulfonamides is 1. The van der Waals surface area contributed by atoms with Gasteiger partial charge in [-0.2, -0.15) is 0 Å². The maximum absolute atomic E-state index is 15.7. The Labute approximate surface area is 208 Å². The van der Waals surface area contributed by atoms with Gasteiger partial charge in [-0.25, -0.2) is 36.5 Å². The summed E-state index contributed by atoms with van der Waals surface area (Å²) in [6, 6.07) is 7.76. The quantitative estimate of drug-likeness (QED) is 0.394. The minimum absolute atomic E-state index is 0.0132. The van der Waals surface area contributed by atoms with Gasteiger partial charge in [0, 0.05) is 24.8 Å². The molecule has 2 aromatic carbocycles. The highest BCUT2D eigenvalue weighted by atomic mass is 32.2. The van der Waals surface area contributed by atoms with Crippen molar-refractivity contribution in [2.45, 2.75) is 4.90 Å². The van der Waals surface area contributed by atoms with Crippen molar-refractivity contribution in [2.24, 2.45) is 0 Å². The number of nitrogens with zero attached hydrogens (tertiary/aromatic N) is 4. The Balaban J connectivity index is 1.58. The van der Waals surface area contributed by atoms with Gasteiger partial charge >= 0.3 is 0 Å². The number of rotatable bonds is 6. The Kier molecular flexibility index (Phi) is 6.60. The van der Waals surface area contributed by atoms with Gasteiger partial charge in [0.25, 0.3) is 10.0 Å². The number of anilines is 2. The molecule has 0 spiro atoms. The third kappa shape index (κ3) is 4.76. The lowest BCUT2D eigenvalue weighted by atomic mass is 10.1. The fraction of sp³-hybridized carbons (Fsp3) is 0.174. The van der Waals surface area contributed by atoms with Crippen LogP contribution in [0.1, 0.15) is 0 Å². The van der Waals surface area contributed by atoms with E-state index in [4.69, 9.17) is 4.74 Å². The highest BCUT2D eigenvalue weighted by Gasteiger charge is 2.26. The summed E-state index contributed by atoms with van der Waals surface area (Å²) >= 11 is 1.31. The summed E-state index contributed by atoms with van der Waals surface area (Å²) in [7, 11) is -4.63. The molecule has 186 valence electrons. The lowest BCUT2D eigenvalue weighted by molar-refractivity contribution is 0.122.